The van der Waals surface area contributed by atoms with Gasteiger partial charge in [0.1, 0.15) is 0 Å². The molecule has 0 aromatic heterocycles. The van der Waals surface area contributed by atoms with E-state index in [4.69, 9.17) is 5.11 Å². The van der Waals surface area contributed by atoms with Crippen LogP contribution in [0, 0.1) is 5.41 Å². The molecule has 0 aliphatic rings. The van der Waals surface area contributed by atoms with E-state index in [1.54, 1.807) is 0 Å². The van der Waals surface area contributed by atoms with Crippen LogP contribution in [-0.2, 0) is 9.53 Å². The summed E-state index contributed by atoms with van der Waals surface area (Å²) in [6.45, 7) is 0. The first-order chi connectivity index (χ1) is 10.6. The second kappa shape index (κ2) is 7.79. The first kappa shape index (κ1) is 22.8. The molecule has 0 saturated carbocycles. The zero-order chi connectivity index (χ0) is 19.4. The lowest BCUT2D eigenvalue weighted by atomic mass is 9.77. The summed E-state index contributed by atoms with van der Waals surface area (Å²) >= 11 is 0. The van der Waals surface area contributed by atoms with Crippen molar-refractivity contribution in [3.8, 4) is 0 Å². The lowest BCUT2D eigenvalue weighted by Crippen LogP contribution is -2.66. The molecular weight excluding hydrogens is 363 g/mol. The predicted molar refractivity (Wildman–Crippen MR) is 62.1 cm³/mol. The van der Waals surface area contributed by atoms with Crippen LogP contribution in [0.2, 0.25) is 0 Å². The quantitative estimate of drug-likeness (QED) is 0.492. The van der Waals surface area contributed by atoms with Crippen molar-refractivity contribution in [3.63, 3.8) is 0 Å². The van der Waals surface area contributed by atoms with E-state index >= 15 is 0 Å². The van der Waals surface area contributed by atoms with E-state index < -0.39 is 55.3 Å². The summed E-state index contributed by atoms with van der Waals surface area (Å²) in [5.74, 6) is -1.24. The number of unbranched alkanes of at least 4 members (excludes halogenated alkanes) is 2. The number of carboxylic acids is 1. The molecule has 0 aliphatic heterocycles. The van der Waals surface area contributed by atoms with Crippen LogP contribution in [-0.4, -0.2) is 42.8 Å². The second-order valence-corrected chi connectivity index (χ2v) is 5.02. The highest BCUT2D eigenvalue weighted by Crippen LogP contribution is 2.62. The van der Waals surface area contributed by atoms with E-state index in [2.05, 4.69) is 4.74 Å². The minimum Gasteiger partial charge on any atom is -0.481 e. The first-order valence-corrected chi connectivity index (χ1v) is 6.57. The standard InChI is InChI=1S/C12H15F9O3/c1-24-7(5-3-2-4-6-8(22)23)9(10(13,14)15,11(16,17)18)12(19,20)21/h7H,2-6H2,1H3,(H,22,23). The molecule has 0 aromatic rings. The SMILES string of the molecule is COC(CCCCCC(=O)O)C(C(F)(F)F)(C(F)(F)F)C(F)(F)F. The molecule has 24 heavy (non-hydrogen) atoms. The average molecular weight is 378 g/mol. The van der Waals surface area contributed by atoms with Crippen LogP contribution in [0.5, 0.6) is 0 Å². The molecule has 0 radical (unpaired) electrons. The monoisotopic (exact) mass is 378 g/mol. The van der Waals surface area contributed by atoms with Crippen LogP contribution in [0.3, 0.4) is 0 Å². The van der Waals surface area contributed by atoms with Gasteiger partial charge in [-0.05, 0) is 12.8 Å². The molecule has 0 spiro atoms. The zero-order valence-corrected chi connectivity index (χ0v) is 12.3. The van der Waals surface area contributed by atoms with Gasteiger partial charge in [-0.25, -0.2) is 0 Å². The molecule has 0 aromatic carbocycles. The van der Waals surface area contributed by atoms with E-state index in [0.717, 1.165) is 0 Å². The number of aliphatic carboxylic acids is 1. The summed E-state index contributed by atoms with van der Waals surface area (Å²) in [4.78, 5) is 10.2. The fourth-order valence-electron chi connectivity index (χ4n) is 2.32. The van der Waals surface area contributed by atoms with Crippen molar-refractivity contribution in [1.82, 2.24) is 0 Å². The van der Waals surface area contributed by atoms with Crippen molar-refractivity contribution in [3.05, 3.63) is 0 Å². The van der Waals surface area contributed by atoms with Crippen LogP contribution >= 0.6 is 0 Å². The summed E-state index contributed by atoms with van der Waals surface area (Å²) in [6.07, 6.45) is -25.6. The number of hydrogen-bond acceptors (Lipinski definition) is 2. The van der Waals surface area contributed by atoms with Gasteiger partial charge in [-0.3, -0.25) is 4.79 Å². The van der Waals surface area contributed by atoms with Gasteiger partial charge >= 0.3 is 24.5 Å². The molecule has 0 aliphatic carbocycles. The molecule has 0 rings (SSSR count). The van der Waals surface area contributed by atoms with Gasteiger partial charge in [0.25, 0.3) is 5.41 Å². The summed E-state index contributed by atoms with van der Waals surface area (Å²) in [7, 11) is 0.333. The van der Waals surface area contributed by atoms with E-state index in [9.17, 15) is 44.3 Å². The van der Waals surface area contributed by atoms with Crippen molar-refractivity contribution >= 4 is 5.97 Å². The number of halogens is 9. The van der Waals surface area contributed by atoms with Crippen molar-refractivity contribution in [1.29, 1.82) is 0 Å². The Morgan fingerprint density at radius 1 is 0.875 bits per heavy atom. The fourth-order valence-corrected chi connectivity index (χ4v) is 2.32. The van der Waals surface area contributed by atoms with Crippen molar-refractivity contribution in [2.75, 3.05) is 7.11 Å². The molecule has 0 heterocycles. The zero-order valence-electron chi connectivity index (χ0n) is 12.3. The van der Waals surface area contributed by atoms with Gasteiger partial charge in [0.15, 0.2) is 0 Å². The highest BCUT2D eigenvalue weighted by Gasteiger charge is 2.86. The predicted octanol–water partition coefficient (Wildman–Crippen LogP) is 4.71. The third-order valence-electron chi connectivity index (χ3n) is 3.47. The Kier molecular flexibility index (Phi) is 7.40. The lowest BCUT2D eigenvalue weighted by Gasteiger charge is -2.43. The van der Waals surface area contributed by atoms with Crippen molar-refractivity contribution in [2.24, 2.45) is 5.41 Å². The lowest BCUT2D eigenvalue weighted by molar-refractivity contribution is -0.449. The molecule has 0 amide bonds. The molecule has 144 valence electrons. The molecule has 1 unspecified atom stereocenters. The smallest absolute Gasteiger partial charge is 0.414 e. The normalized spacial score (nSPS) is 15.4. The van der Waals surface area contributed by atoms with Gasteiger partial charge < -0.3 is 9.84 Å². The van der Waals surface area contributed by atoms with Gasteiger partial charge in [-0.1, -0.05) is 12.8 Å². The van der Waals surface area contributed by atoms with Gasteiger partial charge in [0, 0.05) is 13.5 Å². The molecular formula is C12H15F9O3. The third-order valence-corrected chi connectivity index (χ3v) is 3.47. The Hall–Kier alpha value is -1.20. The summed E-state index contributed by atoms with van der Waals surface area (Å²) in [5, 5.41) is 8.35. The molecule has 1 atom stereocenters. The Balaban J connectivity index is 5.56. The van der Waals surface area contributed by atoms with E-state index in [1.165, 1.54) is 0 Å². The third kappa shape index (κ3) is 4.67. The average Bonchev–Trinajstić information content (AvgIpc) is 2.31. The molecule has 0 bridgehead atoms. The maximum Gasteiger partial charge on any atom is 0.414 e. The van der Waals surface area contributed by atoms with Gasteiger partial charge in [0.2, 0.25) is 0 Å². The van der Waals surface area contributed by atoms with Crippen molar-refractivity contribution in [2.45, 2.75) is 56.7 Å². The minimum absolute atomic E-state index is 0.0944. The Bertz CT molecular complexity index is 375. The van der Waals surface area contributed by atoms with Gasteiger partial charge in [-0.15, -0.1) is 0 Å². The molecule has 3 nitrogen and oxygen atoms in total. The van der Waals surface area contributed by atoms with Crippen molar-refractivity contribution < 1.29 is 54.2 Å². The van der Waals surface area contributed by atoms with Gasteiger partial charge in [0.05, 0.1) is 6.10 Å². The largest absolute Gasteiger partial charge is 0.481 e. The van der Waals surface area contributed by atoms with Crippen LogP contribution < -0.4 is 0 Å². The highest BCUT2D eigenvalue weighted by atomic mass is 19.4. The van der Waals surface area contributed by atoms with E-state index in [-0.39, 0.29) is 12.8 Å². The van der Waals surface area contributed by atoms with E-state index in [1.807, 2.05) is 0 Å². The maximum absolute atomic E-state index is 12.9. The van der Waals surface area contributed by atoms with Crippen LogP contribution in [0.25, 0.3) is 0 Å². The highest BCUT2D eigenvalue weighted by molar-refractivity contribution is 5.66. The number of rotatable bonds is 8. The molecule has 12 heteroatoms. The van der Waals surface area contributed by atoms with Gasteiger partial charge in [-0.2, -0.15) is 39.5 Å². The molecule has 1 N–H and O–H groups in total. The topological polar surface area (TPSA) is 46.5 Å². The van der Waals surface area contributed by atoms with Crippen LogP contribution in [0.4, 0.5) is 39.5 Å². The number of hydrogen-bond donors (Lipinski definition) is 1. The summed E-state index contributed by atoms with van der Waals surface area (Å²) in [5.41, 5.74) is -6.02. The first-order valence-electron chi connectivity index (χ1n) is 6.57. The summed E-state index contributed by atoms with van der Waals surface area (Å²) in [6, 6.07) is 0. The molecule has 0 saturated heterocycles. The number of carboxylic acid groups (broad SMARTS) is 1. The number of carbonyl (C=O) groups is 1. The fraction of sp³-hybridized carbons (Fsp3) is 0.917. The maximum atomic E-state index is 12.9. The van der Waals surface area contributed by atoms with Crippen LogP contribution in [0.1, 0.15) is 32.1 Å². The van der Waals surface area contributed by atoms with Crippen LogP contribution in [0.15, 0.2) is 0 Å². The summed E-state index contributed by atoms with van der Waals surface area (Å²) < 4.78 is 120. The number of alkyl halides is 9. The Morgan fingerprint density at radius 2 is 1.29 bits per heavy atom. The minimum atomic E-state index is -6.68. The Labute approximate surface area is 130 Å². The number of ether oxygens (including phenoxy) is 1. The number of methoxy groups -OCH3 is 1. The second-order valence-electron chi connectivity index (χ2n) is 5.02. The molecule has 0 fully saturated rings. The van der Waals surface area contributed by atoms with E-state index in [0.29, 0.717) is 7.11 Å². The Morgan fingerprint density at radius 3 is 1.58 bits per heavy atom.